The van der Waals surface area contributed by atoms with E-state index in [1.54, 1.807) is 0 Å². The molecule has 4 heteroatoms. The van der Waals surface area contributed by atoms with E-state index < -0.39 is 0 Å². The Hall–Kier alpha value is -1.13. The molecule has 0 amide bonds. The summed E-state index contributed by atoms with van der Waals surface area (Å²) in [4.78, 5) is 2.12. The van der Waals surface area contributed by atoms with E-state index in [1.807, 2.05) is 6.07 Å². The van der Waals surface area contributed by atoms with E-state index >= 15 is 0 Å². The first-order valence-electron chi connectivity index (χ1n) is 6.87. The number of benzene rings is 1. The maximum absolute atomic E-state index is 9.43. The van der Waals surface area contributed by atoms with E-state index in [2.05, 4.69) is 36.2 Å². The molecule has 0 saturated carbocycles. The molecule has 1 aliphatic heterocycles. The highest BCUT2D eigenvalue weighted by molar-refractivity contribution is 7.80. The molecule has 104 valence electrons. The van der Waals surface area contributed by atoms with Crippen LogP contribution in [0.4, 0.5) is 5.69 Å². The van der Waals surface area contributed by atoms with E-state index in [4.69, 9.17) is 12.2 Å². The quantitative estimate of drug-likeness (QED) is 0.816. The van der Waals surface area contributed by atoms with Crippen molar-refractivity contribution in [2.75, 3.05) is 18.5 Å². The topological polar surface area (TPSA) is 35.5 Å². The Balaban J connectivity index is 2.05. The van der Waals surface area contributed by atoms with Crippen molar-refractivity contribution in [1.82, 2.24) is 4.90 Å². The van der Waals surface area contributed by atoms with Crippen LogP contribution in [-0.4, -0.2) is 34.3 Å². The lowest BCUT2D eigenvalue weighted by Gasteiger charge is -2.36. The molecule has 0 aliphatic carbocycles. The predicted octanol–water partition coefficient (Wildman–Crippen LogP) is 2.85. The van der Waals surface area contributed by atoms with Crippen LogP contribution in [0.3, 0.4) is 0 Å². The molecular weight excluding hydrogens is 256 g/mol. The van der Waals surface area contributed by atoms with Crippen LogP contribution in [0.1, 0.15) is 30.4 Å². The Kier molecular flexibility index (Phi) is 4.77. The van der Waals surface area contributed by atoms with Crippen LogP contribution in [0.2, 0.25) is 0 Å². The van der Waals surface area contributed by atoms with Crippen molar-refractivity contribution in [3.05, 3.63) is 29.3 Å². The lowest BCUT2D eigenvalue weighted by atomic mass is 10.0. The van der Waals surface area contributed by atoms with Crippen LogP contribution in [-0.2, 0) is 0 Å². The molecule has 1 heterocycles. The second-order valence-corrected chi connectivity index (χ2v) is 5.64. The van der Waals surface area contributed by atoms with Gasteiger partial charge in [-0.1, -0.05) is 6.07 Å². The smallest absolute Gasteiger partial charge is 0.173 e. The molecule has 0 spiro atoms. The van der Waals surface area contributed by atoms with Crippen LogP contribution >= 0.6 is 12.2 Å². The standard InChI is InChI=1S/C15H22N2OS/c1-11-6-7-13(9-12(11)2)16-15(19)17-8-4-3-5-14(17)10-18/h6-7,9,14,18H,3-5,8,10H2,1-2H3,(H,16,19)/t14-/m1/s1. The van der Waals surface area contributed by atoms with Gasteiger partial charge < -0.3 is 15.3 Å². The zero-order chi connectivity index (χ0) is 13.8. The van der Waals surface area contributed by atoms with Gasteiger partial charge in [0, 0.05) is 12.2 Å². The fraction of sp³-hybridized carbons (Fsp3) is 0.533. The van der Waals surface area contributed by atoms with E-state index in [1.165, 1.54) is 17.5 Å². The number of aliphatic hydroxyl groups excluding tert-OH is 1. The van der Waals surface area contributed by atoms with Crippen molar-refractivity contribution in [3.8, 4) is 0 Å². The molecule has 1 fully saturated rings. The molecule has 0 aromatic heterocycles. The maximum Gasteiger partial charge on any atom is 0.173 e. The lowest BCUT2D eigenvalue weighted by molar-refractivity contribution is 0.149. The number of piperidine rings is 1. The average Bonchev–Trinajstić information content (AvgIpc) is 2.43. The fourth-order valence-electron chi connectivity index (χ4n) is 2.47. The highest BCUT2D eigenvalue weighted by atomic mass is 32.1. The van der Waals surface area contributed by atoms with Gasteiger partial charge in [0.05, 0.1) is 12.6 Å². The predicted molar refractivity (Wildman–Crippen MR) is 83.6 cm³/mol. The molecule has 2 rings (SSSR count). The molecule has 19 heavy (non-hydrogen) atoms. The molecular formula is C15H22N2OS. The summed E-state index contributed by atoms with van der Waals surface area (Å²) in [5, 5.41) is 13.4. The van der Waals surface area contributed by atoms with Gasteiger partial charge in [-0.05, 0) is 68.6 Å². The van der Waals surface area contributed by atoms with E-state index in [9.17, 15) is 5.11 Å². The first-order chi connectivity index (χ1) is 9.11. The molecule has 2 N–H and O–H groups in total. The first kappa shape index (κ1) is 14.3. The van der Waals surface area contributed by atoms with Crippen molar-refractivity contribution >= 4 is 23.0 Å². The Bertz CT molecular complexity index is 461. The summed E-state index contributed by atoms with van der Waals surface area (Å²) in [6, 6.07) is 6.42. The van der Waals surface area contributed by atoms with Gasteiger partial charge in [0.1, 0.15) is 0 Å². The van der Waals surface area contributed by atoms with Crippen LogP contribution in [0, 0.1) is 13.8 Å². The summed E-state index contributed by atoms with van der Waals surface area (Å²) >= 11 is 5.48. The van der Waals surface area contributed by atoms with Crippen molar-refractivity contribution in [2.45, 2.75) is 39.2 Å². The number of hydrogen-bond acceptors (Lipinski definition) is 2. The maximum atomic E-state index is 9.43. The lowest BCUT2D eigenvalue weighted by Crippen LogP contribution is -2.47. The zero-order valence-corrected chi connectivity index (χ0v) is 12.5. The molecule has 1 aromatic carbocycles. The number of likely N-dealkylation sites (tertiary alicyclic amines) is 1. The van der Waals surface area contributed by atoms with Gasteiger partial charge in [0.2, 0.25) is 0 Å². The third kappa shape index (κ3) is 3.45. The molecule has 0 bridgehead atoms. The van der Waals surface area contributed by atoms with Gasteiger partial charge in [0.25, 0.3) is 0 Å². The van der Waals surface area contributed by atoms with E-state index in [-0.39, 0.29) is 12.6 Å². The molecule has 1 aromatic rings. The van der Waals surface area contributed by atoms with Crippen molar-refractivity contribution in [1.29, 1.82) is 0 Å². The Morgan fingerprint density at radius 3 is 2.84 bits per heavy atom. The average molecular weight is 278 g/mol. The van der Waals surface area contributed by atoms with Gasteiger partial charge in [-0.25, -0.2) is 0 Å². The summed E-state index contributed by atoms with van der Waals surface area (Å²) in [6.45, 7) is 5.31. The highest BCUT2D eigenvalue weighted by Gasteiger charge is 2.23. The Labute approximate surface area is 120 Å². The van der Waals surface area contributed by atoms with Crippen LogP contribution in [0.15, 0.2) is 18.2 Å². The van der Waals surface area contributed by atoms with Crippen LogP contribution in [0.25, 0.3) is 0 Å². The summed E-state index contributed by atoms with van der Waals surface area (Å²) in [6.07, 6.45) is 3.34. The van der Waals surface area contributed by atoms with Gasteiger partial charge in [-0.3, -0.25) is 0 Å². The SMILES string of the molecule is Cc1ccc(NC(=S)N2CCCC[C@@H]2CO)cc1C. The van der Waals surface area contributed by atoms with E-state index in [0.717, 1.165) is 30.2 Å². The molecule has 1 aliphatic rings. The van der Waals surface area contributed by atoms with Gasteiger partial charge >= 0.3 is 0 Å². The normalized spacial score (nSPS) is 19.3. The summed E-state index contributed by atoms with van der Waals surface area (Å²) in [5.74, 6) is 0. The summed E-state index contributed by atoms with van der Waals surface area (Å²) in [7, 11) is 0. The molecule has 1 atom stereocenters. The number of aryl methyl sites for hydroxylation is 2. The zero-order valence-electron chi connectivity index (χ0n) is 11.6. The number of nitrogens with zero attached hydrogens (tertiary/aromatic N) is 1. The second-order valence-electron chi connectivity index (χ2n) is 5.25. The number of rotatable bonds is 2. The van der Waals surface area contributed by atoms with E-state index in [0.29, 0.717) is 0 Å². The number of hydrogen-bond donors (Lipinski definition) is 2. The number of anilines is 1. The Morgan fingerprint density at radius 1 is 1.37 bits per heavy atom. The fourth-order valence-corrected chi connectivity index (χ4v) is 2.83. The molecule has 0 unspecified atom stereocenters. The molecule has 3 nitrogen and oxygen atoms in total. The van der Waals surface area contributed by atoms with Crippen molar-refractivity contribution < 1.29 is 5.11 Å². The first-order valence-corrected chi connectivity index (χ1v) is 7.28. The Morgan fingerprint density at radius 2 is 2.16 bits per heavy atom. The summed E-state index contributed by atoms with van der Waals surface area (Å²) in [5.41, 5.74) is 3.56. The number of nitrogens with one attached hydrogen (secondary N) is 1. The van der Waals surface area contributed by atoms with Crippen LogP contribution in [0.5, 0.6) is 0 Å². The van der Waals surface area contributed by atoms with Gasteiger partial charge in [-0.15, -0.1) is 0 Å². The van der Waals surface area contributed by atoms with Crippen LogP contribution < -0.4 is 5.32 Å². The third-order valence-corrected chi connectivity index (χ3v) is 4.19. The third-order valence-electron chi connectivity index (χ3n) is 3.86. The minimum atomic E-state index is 0.167. The number of aliphatic hydroxyl groups is 1. The molecule has 1 saturated heterocycles. The monoisotopic (exact) mass is 278 g/mol. The highest BCUT2D eigenvalue weighted by Crippen LogP contribution is 2.19. The van der Waals surface area contributed by atoms with Crippen molar-refractivity contribution in [3.63, 3.8) is 0 Å². The molecule has 0 radical (unpaired) electrons. The number of thiocarbonyl (C=S) groups is 1. The minimum absolute atomic E-state index is 0.167. The second kappa shape index (κ2) is 6.35. The summed E-state index contributed by atoms with van der Waals surface area (Å²) < 4.78 is 0. The van der Waals surface area contributed by atoms with Gasteiger partial charge in [-0.2, -0.15) is 0 Å². The van der Waals surface area contributed by atoms with Crippen molar-refractivity contribution in [2.24, 2.45) is 0 Å². The largest absolute Gasteiger partial charge is 0.394 e. The minimum Gasteiger partial charge on any atom is -0.394 e. The van der Waals surface area contributed by atoms with Gasteiger partial charge in [0.15, 0.2) is 5.11 Å².